The molecule has 0 spiro atoms. The third kappa shape index (κ3) is 3.00. The van der Waals surface area contributed by atoms with Gasteiger partial charge in [0.15, 0.2) is 17.4 Å². The fourth-order valence-electron chi connectivity index (χ4n) is 1.92. The van der Waals surface area contributed by atoms with E-state index in [2.05, 4.69) is 0 Å². The molecule has 1 aromatic rings. The number of ether oxygens (including phenoxy) is 2. The molecule has 0 amide bonds. The van der Waals surface area contributed by atoms with Crippen LogP contribution >= 0.6 is 0 Å². The van der Waals surface area contributed by atoms with Crippen molar-refractivity contribution in [3.63, 3.8) is 0 Å². The van der Waals surface area contributed by atoms with Crippen LogP contribution in [0.5, 0.6) is 5.75 Å². The quantitative estimate of drug-likeness (QED) is 0.792. The van der Waals surface area contributed by atoms with Crippen LogP contribution in [-0.4, -0.2) is 18.7 Å². The van der Waals surface area contributed by atoms with Gasteiger partial charge in [0.25, 0.3) is 0 Å². The van der Waals surface area contributed by atoms with Crippen LogP contribution in [0.1, 0.15) is 19.8 Å². The lowest BCUT2D eigenvalue weighted by Crippen LogP contribution is -2.39. The molecule has 3 nitrogen and oxygen atoms in total. The van der Waals surface area contributed by atoms with Crippen molar-refractivity contribution < 1.29 is 27.4 Å². The lowest BCUT2D eigenvalue weighted by atomic mass is 9.82. The number of hydrogen-bond acceptors (Lipinski definition) is 3. The number of halogens is 3. The van der Waals surface area contributed by atoms with Crippen LogP contribution < -0.4 is 4.74 Å². The van der Waals surface area contributed by atoms with Gasteiger partial charge in [0.1, 0.15) is 11.9 Å². The molecule has 0 aliphatic heterocycles. The van der Waals surface area contributed by atoms with Crippen molar-refractivity contribution in [2.75, 3.05) is 6.61 Å². The van der Waals surface area contributed by atoms with Gasteiger partial charge in [-0.3, -0.25) is 4.79 Å². The maximum absolute atomic E-state index is 13.3. The Labute approximate surface area is 108 Å². The molecule has 1 saturated carbocycles. The number of carbonyl (C=O) groups is 1. The van der Waals surface area contributed by atoms with Crippen LogP contribution in [0.15, 0.2) is 12.1 Å². The molecule has 19 heavy (non-hydrogen) atoms. The highest BCUT2D eigenvalue weighted by Crippen LogP contribution is 2.34. The summed E-state index contributed by atoms with van der Waals surface area (Å²) < 4.78 is 49.2. The van der Waals surface area contributed by atoms with Crippen LogP contribution in [-0.2, 0) is 9.53 Å². The van der Waals surface area contributed by atoms with Crippen LogP contribution in [0.2, 0.25) is 0 Å². The summed E-state index contributed by atoms with van der Waals surface area (Å²) in [4.78, 5) is 11.3. The summed E-state index contributed by atoms with van der Waals surface area (Å²) in [6, 6.07) is 1.11. The third-order valence-corrected chi connectivity index (χ3v) is 2.96. The van der Waals surface area contributed by atoms with E-state index >= 15 is 0 Å². The van der Waals surface area contributed by atoms with Crippen molar-refractivity contribution in [1.82, 2.24) is 0 Å². The van der Waals surface area contributed by atoms with Gasteiger partial charge in [-0.15, -0.1) is 0 Å². The zero-order valence-corrected chi connectivity index (χ0v) is 10.3. The summed E-state index contributed by atoms with van der Waals surface area (Å²) in [5.74, 6) is -4.40. The van der Waals surface area contributed by atoms with Crippen molar-refractivity contribution in [3.8, 4) is 5.75 Å². The second-order valence-corrected chi connectivity index (χ2v) is 4.36. The minimum absolute atomic E-state index is 0.294. The van der Waals surface area contributed by atoms with Crippen molar-refractivity contribution in [3.05, 3.63) is 29.6 Å². The lowest BCUT2D eigenvalue weighted by Gasteiger charge is -2.33. The maximum atomic E-state index is 13.3. The standard InChI is InChI=1S/C13H13F3O3/c1-2-18-13(17)7-3-9(4-7)19-12-10(15)5-8(14)6-11(12)16/h5-7,9H,2-4H2,1H3. The van der Waals surface area contributed by atoms with E-state index in [4.69, 9.17) is 9.47 Å². The molecule has 1 aromatic carbocycles. The number of rotatable bonds is 4. The Morgan fingerprint density at radius 1 is 1.26 bits per heavy atom. The molecule has 0 unspecified atom stereocenters. The average Bonchev–Trinajstić information content (AvgIpc) is 2.25. The van der Waals surface area contributed by atoms with E-state index in [1.165, 1.54) is 0 Å². The van der Waals surface area contributed by atoms with E-state index in [9.17, 15) is 18.0 Å². The Kier molecular flexibility index (Phi) is 3.97. The van der Waals surface area contributed by atoms with E-state index in [-0.39, 0.29) is 11.9 Å². The molecule has 0 bridgehead atoms. The Balaban J connectivity index is 1.93. The highest BCUT2D eigenvalue weighted by molar-refractivity contribution is 5.73. The van der Waals surface area contributed by atoms with Crippen molar-refractivity contribution >= 4 is 5.97 Å². The molecular formula is C13H13F3O3. The number of hydrogen-bond donors (Lipinski definition) is 0. The molecule has 1 aliphatic carbocycles. The monoisotopic (exact) mass is 274 g/mol. The molecule has 0 heterocycles. The minimum atomic E-state index is -1.09. The van der Waals surface area contributed by atoms with Gasteiger partial charge in [-0.2, -0.15) is 0 Å². The van der Waals surface area contributed by atoms with Gasteiger partial charge < -0.3 is 9.47 Å². The van der Waals surface area contributed by atoms with Gasteiger partial charge in [-0.25, -0.2) is 13.2 Å². The predicted molar refractivity (Wildman–Crippen MR) is 60.1 cm³/mol. The summed E-state index contributed by atoms with van der Waals surface area (Å²) in [6.07, 6.45) is 0.230. The van der Waals surface area contributed by atoms with Crippen molar-refractivity contribution in [1.29, 1.82) is 0 Å². The molecule has 104 valence electrons. The highest BCUT2D eigenvalue weighted by atomic mass is 19.1. The molecule has 6 heteroatoms. The lowest BCUT2D eigenvalue weighted by molar-refractivity contribution is -0.154. The predicted octanol–water partition coefficient (Wildman–Crippen LogP) is 2.82. The molecule has 1 fully saturated rings. The van der Waals surface area contributed by atoms with E-state index in [1.807, 2.05) is 0 Å². The first-order chi connectivity index (χ1) is 9.01. The van der Waals surface area contributed by atoms with E-state index in [0.717, 1.165) is 0 Å². The summed E-state index contributed by atoms with van der Waals surface area (Å²) >= 11 is 0. The zero-order valence-electron chi connectivity index (χ0n) is 10.3. The largest absolute Gasteiger partial charge is 0.484 e. The smallest absolute Gasteiger partial charge is 0.309 e. The first-order valence-corrected chi connectivity index (χ1v) is 5.99. The van der Waals surface area contributed by atoms with Gasteiger partial charge >= 0.3 is 5.97 Å². The molecule has 0 aromatic heterocycles. The summed E-state index contributed by atoms with van der Waals surface area (Å²) in [5, 5.41) is 0. The average molecular weight is 274 g/mol. The fourth-order valence-corrected chi connectivity index (χ4v) is 1.92. The van der Waals surface area contributed by atoms with Crippen LogP contribution in [0, 0.1) is 23.4 Å². The van der Waals surface area contributed by atoms with E-state index in [1.54, 1.807) is 6.92 Å². The van der Waals surface area contributed by atoms with Gasteiger partial charge in [0, 0.05) is 12.1 Å². The fraction of sp³-hybridized carbons (Fsp3) is 0.462. The summed E-state index contributed by atoms with van der Waals surface area (Å²) in [7, 11) is 0. The van der Waals surface area contributed by atoms with Gasteiger partial charge in [-0.1, -0.05) is 0 Å². The second-order valence-electron chi connectivity index (χ2n) is 4.36. The van der Waals surface area contributed by atoms with Gasteiger partial charge in [0.05, 0.1) is 12.5 Å². The minimum Gasteiger partial charge on any atom is -0.484 e. The molecule has 1 aliphatic rings. The molecule has 0 atom stereocenters. The van der Waals surface area contributed by atoms with Crippen LogP contribution in [0.3, 0.4) is 0 Å². The van der Waals surface area contributed by atoms with Gasteiger partial charge in [-0.05, 0) is 19.8 Å². The van der Waals surface area contributed by atoms with Gasteiger partial charge in [0.2, 0.25) is 0 Å². The zero-order chi connectivity index (χ0) is 14.0. The highest BCUT2D eigenvalue weighted by Gasteiger charge is 2.38. The Bertz CT molecular complexity index is 461. The molecule has 0 N–H and O–H groups in total. The maximum Gasteiger partial charge on any atom is 0.309 e. The molecular weight excluding hydrogens is 261 g/mol. The third-order valence-electron chi connectivity index (χ3n) is 2.96. The van der Waals surface area contributed by atoms with E-state index in [0.29, 0.717) is 31.6 Å². The van der Waals surface area contributed by atoms with Crippen molar-refractivity contribution in [2.45, 2.75) is 25.9 Å². The first kappa shape index (κ1) is 13.7. The topological polar surface area (TPSA) is 35.5 Å². The Hall–Kier alpha value is -1.72. The van der Waals surface area contributed by atoms with Crippen molar-refractivity contribution in [2.24, 2.45) is 5.92 Å². The van der Waals surface area contributed by atoms with Crippen LogP contribution in [0.25, 0.3) is 0 Å². The van der Waals surface area contributed by atoms with E-state index < -0.39 is 29.3 Å². The summed E-state index contributed by atoms with van der Waals surface area (Å²) in [6.45, 7) is 2.00. The first-order valence-electron chi connectivity index (χ1n) is 5.99. The summed E-state index contributed by atoms with van der Waals surface area (Å²) in [5.41, 5.74) is 0. The number of benzene rings is 1. The molecule has 0 radical (unpaired) electrons. The Morgan fingerprint density at radius 2 is 1.84 bits per heavy atom. The normalized spacial score (nSPS) is 21.7. The Morgan fingerprint density at radius 3 is 2.37 bits per heavy atom. The molecule has 2 rings (SSSR count). The SMILES string of the molecule is CCOC(=O)C1CC(Oc2c(F)cc(F)cc2F)C1. The second kappa shape index (κ2) is 5.50. The molecule has 0 saturated heterocycles. The van der Waals surface area contributed by atoms with Crippen LogP contribution in [0.4, 0.5) is 13.2 Å². The number of esters is 1. The number of carbonyl (C=O) groups excluding carboxylic acids is 1.